The molecule has 0 amide bonds. The molecule has 1 unspecified atom stereocenters. The standard InChI is InChI=1S/C18H25NO2/c1-19(14-18-6-4-12-21-15-18)13-17-9-7-16(8-10-17)5-2-3-11-20/h7-10,18,20H,3-4,6,11-15H2,1H3. The summed E-state index contributed by atoms with van der Waals surface area (Å²) >= 11 is 0. The number of hydrogen-bond donors (Lipinski definition) is 1. The van der Waals surface area contributed by atoms with Gasteiger partial charge in [0.15, 0.2) is 0 Å². The van der Waals surface area contributed by atoms with Gasteiger partial charge < -0.3 is 14.7 Å². The molecule has 21 heavy (non-hydrogen) atoms. The zero-order valence-electron chi connectivity index (χ0n) is 12.8. The first-order chi connectivity index (χ1) is 10.3. The average molecular weight is 287 g/mol. The number of aliphatic hydroxyl groups excluding tert-OH is 1. The summed E-state index contributed by atoms with van der Waals surface area (Å²) in [5.74, 6) is 6.67. The van der Waals surface area contributed by atoms with Crippen LogP contribution in [-0.2, 0) is 11.3 Å². The minimum Gasteiger partial charge on any atom is -0.395 e. The Hall–Kier alpha value is -1.34. The maximum Gasteiger partial charge on any atom is 0.0540 e. The zero-order chi connectivity index (χ0) is 14.9. The Balaban J connectivity index is 1.80. The highest BCUT2D eigenvalue weighted by molar-refractivity contribution is 5.36. The monoisotopic (exact) mass is 287 g/mol. The SMILES string of the molecule is CN(Cc1ccc(C#CCCO)cc1)CC1CCCOC1. The Kier molecular flexibility index (Phi) is 6.75. The van der Waals surface area contributed by atoms with E-state index >= 15 is 0 Å². The van der Waals surface area contributed by atoms with Crippen LogP contribution in [0.25, 0.3) is 0 Å². The van der Waals surface area contributed by atoms with Crippen molar-refractivity contribution >= 4 is 0 Å². The van der Waals surface area contributed by atoms with Gasteiger partial charge in [-0.25, -0.2) is 0 Å². The largest absolute Gasteiger partial charge is 0.395 e. The van der Waals surface area contributed by atoms with Gasteiger partial charge in [-0.05, 0) is 43.5 Å². The molecule has 3 nitrogen and oxygen atoms in total. The fourth-order valence-corrected chi connectivity index (χ4v) is 2.68. The third-order valence-corrected chi connectivity index (χ3v) is 3.70. The second-order valence-corrected chi connectivity index (χ2v) is 5.75. The third kappa shape index (κ3) is 5.89. The highest BCUT2D eigenvalue weighted by Crippen LogP contribution is 2.15. The molecular formula is C18H25NO2. The first-order valence-corrected chi connectivity index (χ1v) is 7.73. The van der Waals surface area contributed by atoms with Crippen molar-refractivity contribution in [2.24, 2.45) is 5.92 Å². The Morgan fingerprint density at radius 3 is 2.81 bits per heavy atom. The predicted octanol–water partition coefficient (Wildman–Crippen LogP) is 2.28. The Morgan fingerprint density at radius 1 is 1.33 bits per heavy atom. The van der Waals surface area contributed by atoms with Crippen LogP contribution in [0.1, 0.15) is 30.4 Å². The van der Waals surface area contributed by atoms with Crippen molar-refractivity contribution in [2.45, 2.75) is 25.8 Å². The van der Waals surface area contributed by atoms with Gasteiger partial charge in [0.2, 0.25) is 0 Å². The lowest BCUT2D eigenvalue weighted by Gasteiger charge is -2.27. The van der Waals surface area contributed by atoms with Crippen LogP contribution < -0.4 is 0 Å². The van der Waals surface area contributed by atoms with Crippen molar-refractivity contribution in [2.75, 3.05) is 33.4 Å². The lowest BCUT2D eigenvalue weighted by Crippen LogP contribution is -2.30. The Bertz CT molecular complexity index is 466. The van der Waals surface area contributed by atoms with E-state index in [1.54, 1.807) is 0 Å². The molecule has 0 saturated carbocycles. The topological polar surface area (TPSA) is 32.7 Å². The van der Waals surface area contributed by atoms with Crippen LogP contribution in [0.15, 0.2) is 24.3 Å². The van der Waals surface area contributed by atoms with Crippen LogP contribution in [0.3, 0.4) is 0 Å². The maximum absolute atomic E-state index is 8.71. The van der Waals surface area contributed by atoms with E-state index in [2.05, 4.69) is 48.1 Å². The highest BCUT2D eigenvalue weighted by atomic mass is 16.5. The fourth-order valence-electron chi connectivity index (χ4n) is 2.68. The van der Waals surface area contributed by atoms with Crippen molar-refractivity contribution in [1.82, 2.24) is 4.90 Å². The zero-order valence-corrected chi connectivity index (χ0v) is 12.8. The number of aliphatic hydroxyl groups is 1. The van der Waals surface area contributed by atoms with Crippen LogP contribution in [0.2, 0.25) is 0 Å². The van der Waals surface area contributed by atoms with E-state index in [0.717, 1.165) is 31.9 Å². The van der Waals surface area contributed by atoms with Crippen molar-refractivity contribution in [3.8, 4) is 11.8 Å². The number of rotatable bonds is 5. The molecule has 1 aromatic carbocycles. The number of ether oxygens (including phenoxy) is 1. The van der Waals surface area contributed by atoms with E-state index in [9.17, 15) is 0 Å². The molecule has 1 heterocycles. The predicted molar refractivity (Wildman–Crippen MR) is 84.9 cm³/mol. The molecule has 1 aromatic rings. The smallest absolute Gasteiger partial charge is 0.0540 e. The molecule has 0 bridgehead atoms. The van der Waals surface area contributed by atoms with Gasteiger partial charge in [-0.15, -0.1) is 0 Å². The summed E-state index contributed by atoms with van der Waals surface area (Å²) in [5.41, 5.74) is 2.32. The van der Waals surface area contributed by atoms with E-state index in [0.29, 0.717) is 12.3 Å². The third-order valence-electron chi connectivity index (χ3n) is 3.70. The fraction of sp³-hybridized carbons (Fsp3) is 0.556. The molecule has 0 spiro atoms. The van der Waals surface area contributed by atoms with Gasteiger partial charge in [-0.3, -0.25) is 0 Å². The summed E-state index contributed by atoms with van der Waals surface area (Å²) in [5, 5.41) is 8.71. The van der Waals surface area contributed by atoms with Crippen LogP contribution >= 0.6 is 0 Å². The van der Waals surface area contributed by atoms with Crippen LogP contribution in [0, 0.1) is 17.8 Å². The summed E-state index contributed by atoms with van der Waals surface area (Å²) in [4.78, 5) is 2.37. The lowest BCUT2D eigenvalue weighted by atomic mass is 10.0. The molecule has 1 saturated heterocycles. The van der Waals surface area contributed by atoms with Gasteiger partial charge in [0.1, 0.15) is 0 Å². The van der Waals surface area contributed by atoms with Crippen molar-refractivity contribution in [3.05, 3.63) is 35.4 Å². The van der Waals surface area contributed by atoms with Gasteiger partial charge in [0.25, 0.3) is 0 Å². The van der Waals surface area contributed by atoms with E-state index < -0.39 is 0 Å². The summed E-state index contributed by atoms with van der Waals surface area (Å²) in [6.07, 6.45) is 3.01. The normalized spacial score (nSPS) is 18.3. The number of nitrogens with zero attached hydrogens (tertiary/aromatic N) is 1. The molecule has 1 fully saturated rings. The summed E-state index contributed by atoms with van der Waals surface area (Å²) < 4.78 is 5.54. The lowest BCUT2D eigenvalue weighted by molar-refractivity contribution is 0.0411. The molecule has 0 aromatic heterocycles. The first-order valence-electron chi connectivity index (χ1n) is 7.73. The van der Waals surface area contributed by atoms with Gasteiger partial charge in [0.05, 0.1) is 13.2 Å². The van der Waals surface area contributed by atoms with Crippen molar-refractivity contribution in [1.29, 1.82) is 0 Å². The first kappa shape index (κ1) is 16.0. The van der Waals surface area contributed by atoms with Crippen LogP contribution in [0.5, 0.6) is 0 Å². The number of hydrogen-bond acceptors (Lipinski definition) is 3. The van der Waals surface area contributed by atoms with E-state index in [-0.39, 0.29) is 6.61 Å². The van der Waals surface area contributed by atoms with Gasteiger partial charge in [-0.2, -0.15) is 0 Å². The van der Waals surface area contributed by atoms with Gasteiger partial charge in [0, 0.05) is 31.7 Å². The van der Waals surface area contributed by atoms with Gasteiger partial charge >= 0.3 is 0 Å². The minimum absolute atomic E-state index is 0.126. The number of benzene rings is 1. The van der Waals surface area contributed by atoms with Crippen molar-refractivity contribution in [3.63, 3.8) is 0 Å². The van der Waals surface area contributed by atoms with Gasteiger partial charge in [-0.1, -0.05) is 24.0 Å². The van der Waals surface area contributed by atoms with Crippen molar-refractivity contribution < 1.29 is 9.84 Å². The van der Waals surface area contributed by atoms with E-state index in [1.165, 1.54) is 18.4 Å². The second-order valence-electron chi connectivity index (χ2n) is 5.75. The molecule has 1 aliphatic heterocycles. The average Bonchev–Trinajstić information content (AvgIpc) is 2.50. The molecule has 1 N–H and O–H groups in total. The Labute approximate surface area is 127 Å². The minimum atomic E-state index is 0.126. The molecule has 1 aliphatic rings. The summed E-state index contributed by atoms with van der Waals surface area (Å²) in [6, 6.07) is 8.38. The molecule has 114 valence electrons. The second kappa shape index (κ2) is 8.84. The molecule has 2 rings (SSSR count). The maximum atomic E-state index is 8.71. The quantitative estimate of drug-likeness (QED) is 0.843. The van der Waals surface area contributed by atoms with E-state index in [4.69, 9.17) is 9.84 Å². The van der Waals surface area contributed by atoms with Crippen LogP contribution in [-0.4, -0.2) is 43.4 Å². The van der Waals surface area contributed by atoms with E-state index in [1.807, 2.05) is 0 Å². The molecular weight excluding hydrogens is 262 g/mol. The highest BCUT2D eigenvalue weighted by Gasteiger charge is 2.15. The molecule has 0 aliphatic carbocycles. The summed E-state index contributed by atoms with van der Waals surface area (Å²) in [6.45, 7) is 4.02. The molecule has 3 heteroatoms. The van der Waals surface area contributed by atoms with Crippen LogP contribution in [0.4, 0.5) is 0 Å². The Morgan fingerprint density at radius 2 is 2.14 bits per heavy atom. The molecule has 1 atom stereocenters. The summed E-state index contributed by atoms with van der Waals surface area (Å²) in [7, 11) is 2.17. The molecule has 0 radical (unpaired) electrons.